The fraction of sp³-hybridized carbons (Fsp3) is 0.333. The van der Waals surface area contributed by atoms with E-state index in [1.165, 1.54) is 12.1 Å². The van der Waals surface area contributed by atoms with Crippen LogP contribution in [0.1, 0.15) is 23.7 Å². The molecule has 0 aromatic heterocycles. The van der Waals surface area contributed by atoms with Gasteiger partial charge in [-0.15, -0.1) is 0 Å². The van der Waals surface area contributed by atoms with E-state index in [9.17, 15) is 9.59 Å². The zero-order valence-electron chi connectivity index (χ0n) is 9.74. The summed E-state index contributed by atoms with van der Waals surface area (Å²) in [5, 5.41) is 12.0. The molecule has 98 valence electrons. The summed E-state index contributed by atoms with van der Waals surface area (Å²) in [6.45, 7) is 2.03. The molecule has 1 aromatic carbocycles. The van der Waals surface area contributed by atoms with Crippen molar-refractivity contribution in [3.8, 4) is 0 Å². The van der Waals surface area contributed by atoms with E-state index in [2.05, 4.69) is 5.32 Å². The molecule has 0 saturated carbocycles. The smallest absolute Gasteiger partial charge is 0.303 e. The van der Waals surface area contributed by atoms with E-state index in [-0.39, 0.29) is 29.8 Å². The molecule has 1 rings (SSSR count). The second kappa shape index (κ2) is 6.61. The molecule has 0 aliphatic rings. The van der Waals surface area contributed by atoms with Gasteiger partial charge in [-0.3, -0.25) is 9.59 Å². The van der Waals surface area contributed by atoms with Crippen LogP contribution in [0.5, 0.6) is 0 Å². The molecule has 0 fully saturated rings. The van der Waals surface area contributed by atoms with E-state index in [4.69, 9.17) is 28.3 Å². The molecule has 1 aromatic rings. The van der Waals surface area contributed by atoms with Gasteiger partial charge in [-0.1, -0.05) is 30.1 Å². The second-order valence-corrected chi connectivity index (χ2v) is 4.88. The molecule has 1 atom stereocenters. The number of rotatable bonds is 5. The van der Waals surface area contributed by atoms with Crippen molar-refractivity contribution in [2.45, 2.75) is 13.3 Å². The minimum absolute atomic E-state index is 0.00856. The van der Waals surface area contributed by atoms with E-state index < -0.39 is 5.97 Å². The first-order valence-electron chi connectivity index (χ1n) is 5.35. The van der Waals surface area contributed by atoms with Crippen LogP contribution in [-0.4, -0.2) is 23.5 Å². The molecule has 0 spiro atoms. The molecule has 1 unspecified atom stereocenters. The van der Waals surface area contributed by atoms with Gasteiger partial charge in [-0.2, -0.15) is 0 Å². The predicted octanol–water partition coefficient (Wildman–Crippen LogP) is 2.83. The second-order valence-electron chi connectivity index (χ2n) is 4.04. The van der Waals surface area contributed by atoms with Gasteiger partial charge in [0.1, 0.15) is 0 Å². The van der Waals surface area contributed by atoms with Gasteiger partial charge in [0.05, 0.1) is 10.6 Å². The topological polar surface area (TPSA) is 66.4 Å². The zero-order chi connectivity index (χ0) is 13.7. The number of carbonyl (C=O) groups excluding carboxylic acids is 1. The van der Waals surface area contributed by atoms with Crippen molar-refractivity contribution in [3.05, 3.63) is 33.8 Å². The highest BCUT2D eigenvalue weighted by molar-refractivity contribution is 6.36. The third-order valence-corrected chi connectivity index (χ3v) is 2.86. The maximum Gasteiger partial charge on any atom is 0.303 e. The first kappa shape index (κ1) is 14.8. The third-order valence-electron chi connectivity index (χ3n) is 2.31. The van der Waals surface area contributed by atoms with E-state index in [1.54, 1.807) is 13.0 Å². The van der Waals surface area contributed by atoms with Crippen LogP contribution in [-0.2, 0) is 4.79 Å². The molecule has 1 amide bonds. The van der Waals surface area contributed by atoms with Crippen LogP contribution in [0.25, 0.3) is 0 Å². The minimum atomic E-state index is -0.888. The average molecular weight is 290 g/mol. The van der Waals surface area contributed by atoms with Gasteiger partial charge in [0.2, 0.25) is 0 Å². The Balaban J connectivity index is 2.58. The van der Waals surface area contributed by atoms with Gasteiger partial charge < -0.3 is 10.4 Å². The number of aliphatic carboxylic acids is 1. The maximum absolute atomic E-state index is 11.8. The number of halogens is 2. The molecular formula is C12H13Cl2NO3. The fourth-order valence-electron chi connectivity index (χ4n) is 1.41. The van der Waals surface area contributed by atoms with Crippen LogP contribution in [0.2, 0.25) is 10.0 Å². The Kier molecular flexibility index (Phi) is 5.44. The predicted molar refractivity (Wildman–Crippen MR) is 70.2 cm³/mol. The van der Waals surface area contributed by atoms with Gasteiger partial charge in [-0.25, -0.2) is 0 Å². The number of carboxylic acid groups (broad SMARTS) is 1. The van der Waals surface area contributed by atoms with Gasteiger partial charge in [0.25, 0.3) is 5.91 Å². The molecule has 0 aliphatic carbocycles. The molecule has 2 N–H and O–H groups in total. The number of carbonyl (C=O) groups is 2. The summed E-state index contributed by atoms with van der Waals surface area (Å²) in [4.78, 5) is 22.2. The van der Waals surface area contributed by atoms with E-state index in [1.807, 2.05) is 0 Å². The van der Waals surface area contributed by atoms with Crippen molar-refractivity contribution in [2.24, 2.45) is 5.92 Å². The van der Waals surface area contributed by atoms with E-state index in [0.717, 1.165) is 0 Å². The first-order valence-corrected chi connectivity index (χ1v) is 6.10. The summed E-state index contributed by atoms with van der Waals surface area (Å²) in [6, 6.07) is 4.59. The quantitative estimate of drug-likeness (QED) is 0.876. The molecule has 0 radical (unpaired) electrons. The van der Waals surface area contributed by atoms with Crippen molar-refractivity contribution in [1.82, 2.24) is 5.32 Å². The normalized spacial score (nSPS) is 11.9. The zero-order valence-corrected chi connectivity index (χ0v) is 11.3. The summed E-state index contributed by atoms with van der Waals surface area (Å²) in [6.07, 6.45) is 0.00856. The number of amides is 1. The molecule has 0 aliphatic heterocycles. The van der Waals surface area contributed by atoms with Crippen molar-refractivity contribution in [3.63, 3.8) is 0 Å². The van der Waals surface area contributed by atoms with Crippen LogP contribution in [0, 0.1) is 5.92 Å². The van der Waals surface area contributed by atoms with Crippen LogP contribution < -0.4 is 5.32 Å². The number of hydrogen-bond donors (Lipinski definition) is 2. The Morgan fingerprint density at radius 3 is 2.61 bits per heavy atom. The van der Waals surface area contributed by atoms with Gasteiger partial charge in [0, 0.05) is 18.0 Å². The average Bonchev–Trinajstić information content (AvgIpc) is 2.25. The van der Waals surface area contributed by atoms with Crippen LogP contribution in [0.3, 0.4) is 0 Å². The van der Waals surface area contributed by atoms with Crippen molar-refractivity contribution in [1.29, 1.82) is 0 Å². The Labute approximate surface area is 115 Å². The van der Waals surface area contributed by atoms with Crippen molar-refractivity contribution in [2.75, 3.05) is 6.54 Å². The molecule has 0 heterocycles. The molecule has 0 bridgehead atoms. The van der Waals surface area contributed by atoms with Crippen molar-refractivity contribution >= 4 is 35.1 Å². The standard InChI is InChI=1S/C12H13Cl2NO3/c1-7(4-11(16)17)6-15-12(18)9-3-2-8(13)5-10(9)14/h2-3,5,7H,4,6H2,1H3,(H,15,18)(H,16,17). The Bertz CT molecular complexity index is 463. The summed E-state index contributed by atoms with van der Waals surface area (Å²) in [5.41, 5.74) is 0.323. The molecule has 0 saturated heterocycles. The lowest BCUT2D eigenvalue weighted by Gasteiger charge is -2.11. The monoisotopic (exact) mass is 289 g/mol. The van der Waals surface area contributed by atoms with Gasteiger partial charge >= 0.3 is 5.97 Å². The highest BCUT2D eigenvalue weighted by Gasteiger charge is 2.13. The minimum Gasteiger partial charge on any atom is -0.481 e. The Hall–Kier alpha value is -1.26. The lowest BCUT2D eigenvalue weighted by molar-refractivity contribution is -0.137. The highest BCUT2D eigenvalue weighted by Crippen LogP contribution is 2.20. The number of carboxylic acids is 1. The Morgan fingerprint density at radius 1 is 1.39 bits per heavy atom. The van der Waals surface area contributed by atoms with Crippen LogP contribution in [0.15, 0.2) is 18.2 Å². The third kappa shape index (κ3) is 4.55. The largest absolute Gasteiger partial charge is 0.481 e. The highest BCUT2D eigenvalue weighted by atomic mass is 35.5. The Morgan fingerprint density at radius 2 is 2.06 bits per heavy atom. The van der Waals surface area contributed by atoms with E-state index in [0.29, 0.717) is 10.6 Å². The summed E-state index contributed by atoms with van der Waals surface area (Å²) >= 11 is 11.6. The fourth-order valence-corrected chi connectivity index (χ4v) is 1.90. The summed E-state index contributed by atoms with van der Waals surface area (Å²) in [5.74, 6) is -1.37. The molecular weight excluding hydrogens is 277 g/mol. The number of benzene rings is 1. The van der Waals surface area contributed by atoms with Gasteiger partial charge in [0.15, 0.2) is 0 Å². The SMILES string of the molecule is CC(CNC(=O)c1ccc(Cl)cc1Cl)CC(=O)O. The maximum atomic E-state index is 11.8. The van der Waals surface area contributed by atoms with Crippen molar-refractivity contribution < 1.29 is 14.7 Å². The lowest BCUT2D eigenvalue weighted by Crippen LogP contribution is -2.29. The lowest BCUT2D eigenvalue weighted by atomic mass is 10.1. The number of nitrogens with one attached hydrogen (secondary N) is 1. The molecule has 6 heteroatoms. The number of hydrogen-bond acceptors (Lipinski definition) is 2. The first-order chi connectivity index (χ1) is 8.40. The van der Waals surface area contributed by atoms with Gasteiger partial charge in [-0.05, 0) is 24.1 Å². The molecule has 18 heavy (non-hydrogen) atoms. The summed E-state index contributed by atoms with van der Waals surface area (Å²) in [7, 11) is 0. The summed E-state index contributed by atoms with van der Waals surface area (Å²) < 4.78 is 0. The van der Waals surface area contributed by atoms with E-state index >= 15 is 0 Å². The van der Waals surface area contributed by atoms with Crippen LogP contribution >= 0.6 is 23.2 Å². The molecule has 4 nitrogen and oxygen atoms in total. The van der Waals surface area contributed by atoms with Crippen LogP contribution in [0.4, 0.5) is 0 Å².